The number of phosphoric acid groups is 2. The van der Waals surface area contributed by atoms with Gasteiger partial charge in [0.2, 0.25) is 0 Å². The molecule has 3 unspecified atom stereocenters. The van der Waals surface area contributed by atoms with E-state index in [0.29, 0.717) is 31.6 Å². The van der Waals surface area contributed by atoms with Gasteiger partial charge >= 0.3 is 39.5 Å². The van der Waals surface area contributed by atoms with Crippen molar-refractivity contribution in [2.24, 2.45) is 11.8 Å². The van der Waals surface area contributed by atoms with E-state index in [1.165, 1.54) is 193 Å². The van der Waals surface area contributed by atoms with Gasteiger partial charge in [0.05, 0.1) is 26.4 Å². The molecule has 0 aliphatic heterocycles. The van der Waals surface area contributed by atoms with Crippen LogP contribution in [0.3, 0.4) is 0 Å². The average Bonchev–Trinajstić information content (AvgIpc) is 1.89. The molecule has 93 heavy (non-hydrogen) atoms. The second-order valence-corrected chi connectivity index (χ2v) is 30.3. The van der Waals surface area contributed by atoms with Gasteiger partial charge in [-0.1, -0.05) is 330 Å². The summed E-state index contributed by atoms with van der Waals surface area (Å²) in [7, 11) is -9.91. The van der Waals surface area contributed by atoms with Gasteiger partial charge in [-0.3, -0.25) is 37.3 Å². The molecule has 0 bridgehead atoms. The molecule has 0 aliphatic carbocycles. The standard InChI is InChI=1S/C74H144O17P2/c1-7-10-12-14-16-18-20-22-24-25-26-28-30-32-39-46-52-58-73(78)90-69(62-84-71(76)56-50-44-38-31-29-27-23-21-19-17-15-13-11-8-2)64-88-92(80,81)86-60-68(75)61-87-93(82,83)89-65-70(63-85-72(77)57-51-45-41-35-36-42-48-54-66(4)5)91-74(79)59-53-47-40-34-33-37-43-49-55-67(6)9-3/h66-70,75H,7-65H2,1-6H3,(H,80,81)(H,82,83)/t67?,68-,69-,70-/m1/s1. The Morgan fingerprint density at radius 1 is 0.312 bits per heavy atom. The summed E-state index contributed by atoms with van der Waals surface area (Å²) in [5.41, 5.74) is 0. The molecule has 0 aromatic carbocycles. The molecule has 0 aromatic rings. The number of phosphoric ester groups is 2. The van der Waals surface area contributed by atoms with E-state index >= 15 is 0 Å². The van der Waals surface area contributed by atoms with E-state index in [1.807, 2.05) is 0 Å². The molecule has 552 valence electrons. The molecule has 17 nitrogen and oxygen atoms in total. The Labute approximate surface area is 568 Å². The van der Waals surface area contributed by atoms with E-state index in [1.54, 1.807) is 0 Å². The maximum Gasteiger partial charge on any atom is 0.472 e. The Hall–Kier alpha value is -1.94. The van der Waals surface area contributed by atoms with Gasteiger partial charge in [-0.25, -0.2) is 9.13 Å². The van der Waals surface area contributed by atoms with E-state index in [4.69, 9.17) is 37.0 Å². The van der Waals surface area contributed by atoms with Crippen LogP contribution >= 0.6 is 15.6 Å². The van der Waals surface area contributed by atoms with Crippen LogP contribution in [0.1, 0.15) is 382 Å². The molecular weight excluding hydrogens is 1220 g/mol. The Morgan fingerprint density at radius 3 is 0.817 bits per heavy atom. The van der Waals surface area contributed by atoms with Gasteiger partial charge in [0, 0.05) is 25.7 Å². The topological polar surface area (TPSA) is 237 Å². The van der Waals surface area contributed by atoms with Gasteiger partial charge in [0.25, 0.3) is 0 Å². The number of aliphatic hydroxyl groups excluding tert-OH is 1. The molecule has 0 saturated carbocycles. The molecule has 0 heterocycles. The third-order valence-electron chi connectivity index (χ3n) is 17.6. The molecule has 0 spiro atoms. The first kappa shape index (κ1) is 91.1. The smallest absolute Gasteiger partial charge is 0.462 e. The number of ether oxygens (including phenoxy) is 4. The number of aliphatic hydroxyl groups is 1. The Kier molecular flexibility index (Phi) is 64.6. The number of hydrogen-bond acceptors (Lipinski definition) is 15. The van der Waals surface area contributed by atoms with E-state index < -0.39 is 97.5 Å². The zero-order valence-corrected chi connectivity index (χ0v) is 62.3. The lowest BCUT2D eigenvalue weighted by Crippen LogP contribution is -2.30. The molecule has 0 saturated heterocycles. The number of unbranched alkanes of at least 4 members (excludes halogenated alkanes) is 42. The predicted molar refractivity (Wildman–Crippen MR) is 377 cm³/mol. The van der Waals surface area contributed by atoms with Crippen LogP contribution in [-0.4, -0.2) is 96.7 Å². The van der Waals surface area contributed by atoms with Gasteiger partial charge in [-0.05, 0) is 37.5 Å². The van der Waals surface area contributed by atoms with Crippen LogP contribution in [0.4, 0.5) is 0 Å². The minimum atomic E-state index is -4.96. The van der Waals surface area contributed by atoms with Crippen molar-refractivity contribution in [2.75, 3.05) is 39.6 Å². The number of hydrogen-bond donors (Lipinski definition) is 3. The summed E-state index contributed by atoms with van der Waals surface area (Å²) in [5.74, 6) is -0.645. The fourth-order valence-electron chi connectivity index (χ4n) is 11.3. The summed E-state index contributed by atoms with van der Waals surface area (Å²) in [6, 6.07) is 0. The Balaban J connectivity index is 5.25. The summed E-state index contributed by atoms with van der Waals surface area (Å²) in [6.07, 6.45) is 52.7. The molecule has 3 N–H and O–H groups in total. The first-order valence-electron chi connectivity index (χ1n) is 38.5. The minimum absolute atomic E-state index is 0.104. The van der Waals surface area contributed by atoms with Crippen LogP contribution in [0.5, 0.6) is 0 Å². The summed E-state index contributed by atoms with van der Waals surface area (Å²) < 4.78 is 68.4. The molecule has 0 fully saturated rings. The lowest BCUT2D eigenvalue weighted by Gasteiger charge is -2.21. The quantitative estimate of drug-likeness (QED) is 0.0222. The van der Waals surface area contributed by atoms with Gasteiger partial charge < -0.3 is 33.8 Å². The number of rotatable bonds is 73. The van der Waals surface area contributed by atoms with Crippen molar-refractivity contribution in [3.05, 3.63) is 0 Å². The van der Waals surface area contributed by atoms with Crippen molar-refractivity contribution < 1.29 is 80.2 Å². The second-order valence-electron chi connectivity index (χ2n) is 27.4. The molecule has 6 atom stereocenters. The largest absolute Gasteiger partial charge is 0.472 e. The first-order chi connectivity index (χ1) is 44.9. The number of esters is 4. The molecule has 0 rings (SSSR count). The van der Waals surface area contributed by atoms with Crippen molar-refractivity contribution in [1.29, 1.82) is 0 Å². The SMILES string of the molecule is CCCCCCCCCCCCCCCCCCCC(=O)O[C@H](COC(=O)CCCCCCCCCCCCCCCC)COP(=O)(O)OC[C@@H](O)COP(=O)(O)OC[C@@H](COC(=O)CCCCCCCCCC(C)C)OC(=O)CCCCCCCCCCC(C)CC. The maximum absolute atomic E-state index is 13.1. The van der Waals surface area contributed by atoms with Gasteiger partial charge in [-0.15, -0.1) is 0 Å². The monoisotopic (exact) mass is 1370 g/mol. The molecule has 0 radical (unpaired) electrons. The summed E-state index contributed by atoms with van der Waals surface area (Å²) >= 11 is 0. The highest BCUT2D eigenvalue weighted by Gasteiger charge is 2.30. The zero-order chi connectivity index (χ0) is 68.6. The van der Waals surface area contributed by atoms with Crippen LogP contribution in [0.15, 0.2) is 0 Å². The maximum atomic E-state index is 13.1. The Bertz CT molecular complexity index is 1810. The second kappa shape index (κ2) is 66.0. The van der Waals surface area contributed by atoms with Crippen LogP contribution < -0.4 is 0 Å². The van der Waals surface area contributed by atoms with Crippen molar-refractivity contribution in [3.63, 3.8) is 0 Å². The van der Waals surface area contributed by atoms with Crippen molar-refractivity contribution >= 4 is 39.5 Å². The van der Waals surface area contributed by atoms with Crippen molar-refractivity contribution in [3.8, 4) is 0 Å². The molecule has 0 aromatic heterocycles. The lowest BCUT2D eigenvalue weighted by atomic mass is 9.99. The number of carbonyl (C=O) groups is 4. The first-order valence-corrected chi connectivity index (χ1v) is 41.5. The van der Waals surface area contributed by atoms with Gasteiger partial charge in [0.1, 0.15) is 19.3 Å². The number of carbonyl (C=O) groups excluding carboxylic acids is 4. The van der Waals surface area contributed by atoms with Crippen LogP contribution in [-0.2, 0) is 65.4 Å². The summed E-state index contributed by atoms with van der Waals surface area (Å²) in [5, 5.41) is 10.6. The minimum Gasteiger partial charge on any atom is -0.462 e. The van der Waals surface area contributed by atoms with Gasteiger partial charge in [0.15, 0.2) is 12.2 Å². The van der Waals surface area contributed by atoms with Crippen LogP contribution in [0.25, 0.3) is 0 Å². The lowest BCUT2D eigenvalue weighted by molar-refractivity contribution is -0.161. The van der Waals surface area contributed by atoms with Crippen molar-refractivity contribution in [1.82, 2.24) is 0 Å². The molecule has 19 heteroatoms. The average molecular weight is 1370 g/mol. The molecular formula is C74H144O17P2. The fraction of sp³-hybridized carbons (Fsp3) is 0.946. The third kappa shape index (κ3) is 67.0. The van der Waals surface area contributed by atoms with E-state index in [0.717, 1.165) is 102 Å². The van der Waals surface area contributed by atoms with Crippen LogP contribution in [0, 0.1) is 11.8 Å². The normalized spacial score (nSPS) is 14.3. The summed E-state index contributed by atoms with van der Waals surface area (Å²) in [4.78, 5) is 72.7. The van der Waals surface area contributed by atoms with Crippen LogP contribution in [0.2, 0.25) is 0 Å². The highest BCUT2D eigenvalue weighted by atomic mass is 31.2. The molecule has 0 aliphatic rings. The third-order valence-corrected chi connectivity index (χ3v) is 19.5. The fourth-order valence-corrected chi connectivity index (χ4v) is 12.8. The van der Waals surface area contributed by atoms with E-state index in [2.05, 4.69) is 41.5 Å². The molecule has 0 amide bonds. The van der Waals surface area contributed by atoms with Crippen molar-refractivity contribution in [2.45, 2.75) is 400 Å². The zero-order valence-electron chi connectivity index (χ0n) is 60.6. The van der Waals surface area contributed by atoms with E-state index in [-0.39, 0.29) is 25.7 Å². The van der Waals surface area contributed by atoms with E-state index in [9.17, 15) is 43.2 Å². The Morgan fingerprint density at radius 2 is 0.548 bits per heavy atom. The van der Waals surface area contributed by atoms with Gasteiger partial charge in [-0.2, -0.15) is 0 Å². The highest BCUT2D eigenvalue weighted by molar-refractivity contribution is 7.47. The highest BCUT2D eigenvalue weighted by Crippen LogP contribution is 2.45. The predicted octanol–water partition coefficient (Wildman–Crippen LogP) is 21.6. The summed E-state index contributed by atoms with van der Waals surface area (Å²) in [6.45, 7) is 9.53.